The van der Waals surface area contributed by atoms with Crippen LogP contribution in [0.2, 0.25) is 0 Å². The van der Waals surface area contributed by atoms with Gasteiger partial charge in [0.1, 0.15) is 0 Å². The molecule has 0 radical (unpaired) electrons. The first-order valence-electron chi connectivity index (χ1n) is 8.28. The minimum Gasteiger partial charge on any atom is -0.463 e. The molecule has 0 saturated heterocycles. The van der Waals surface area contributed by atoms with Gasteiger partial charge in [-0.15, -0.1) is 0 Å². The Hall–Kier alpha value is -1.05. The fraction of sp³-hybridized carbons (Fsp3) is 0.737. The van der Waals surface area contributed by atoms with Gasteiger partial charge in [0.2, 0.25) is 0 Å². The first-order valence-corrected chi connectivity index (χ1v) is 8.28. The van der Waals surface area contributed by atoms with Crippen molar-refractivity contribution in [3.63, 3.8) is 0 Å². The lowest BCUT2D eigenvalue weighted by atomic mass is 9.88. The minimum absolute atomic E-state index is 0.252. The summed E-state index contributed by atoms with van der Waals surface area (Å²) in [5.41, 5.74) is 2.30. The fourth-order valence-electron chi connectivity index (χ4n) is 2.39. The average molecular weight is 294 g/mol. The van der Waals surface area contributed by atoms with Crippen LogP contribution in [0.4, 0.5) is 0 Å². The third-order valence-electron chi connectivity index (χ3n) is 4.03. The van der Waals surface area contributed by atoms with Crippen molar-refractivity contribution in [2.45, 2.75) is 67.7 Å². The van der Waals surface area contributed by atoms with Gasteiger partial charge < -0.3 is 4.74 Å². The highest BCUT2D eigenvalue weighted by Crippen LogP contribution is 2.23. The van der Waals surface area contributed by atoms with Gasteiger partial charge in [0.15, 0.2) is 0 Å². The molecule has 0 aliphatic heterocycles. The molecule has 2 atom stereocenters. The standard InChI is InChI=1S/C19H34O2/c1-8-21-19(20)13-17(6)12-16(5)11-15(4)9-10-18(7)14(2)3/h12-15,18H,8-11H2,1-7H3/b16-12+,17-13+. The van der Waals surface area contributed by atoms with Crippen molar-refractivity contribution >= 4 is 5.97 Å². The lowest BCUT2D eigenvalue weighted by molar-refractivity contribution is -0.137. The van der Waals surface area contributed by atoms with Crippen molar-refractivity contribution in [2.24, 2.45) is 17.8 Å². The smallest absolute Gasteiger partial charge is 0.330 e. The SMILES string of the molecule is CCOC(=O)/C=C(C)/C=C(\C)CC(C)CCC(C)C(C)C. The van der Waals surface area contributed by atoms with E-state index in [1.54, 1.807) is 6.08 Å². The Morgan fingerprint density at radius 1 is 1.05 bits per heavy atom. The second-order valence-electron chi connectivity index (χ2n) is 6.74. The number of hydrogen-bond donors (Lipinski definition) is 0. The normalized spacial score (nSPS) is 16.0. The molecular formula is C19H34O2. The molecule has 0 rings (SSSR count). The molecule has 2 nitrogen and oxygen atoms in total. The van der Waals surface area contributed by atoms with Crippen LogP contribution < -0.4 is 0 Å². The van der Waals surface area contributed by atoms with Gasteiger partial charge in [-0.25, -0.2) is 4.79 Å². The molecule has 0 spiro atoms. The summed E-state index contributed by atoms with van der Waals surface area (Å²) in [6.45, 7) is 15.6. The Balaban J connectivity index is 4.30. The summed E-state index contributed by atoms with van der Waals surface area (Å²) in [6.07, 6.45) is 7.32. The number of hydrogen-bond acceptors (Lipinski definition) is 2. The van der Waals surface area contributed by atoms with Crippen molar-refractivity contribution in [3.8, 4) is 0 Å². The second kappa shape index (κ2) is 10.6. The predicted octanol–water partition coefficient (Wildman–Crippen LogP) is 5.54. The quantitative estimate of drug-likeness (QED) is 0.317. The van der Waals surface area contributed by atoms with E-state index in [0.29, 0.717) is 12.5 Å². The highest BCUT2D eigenvalue weighted by molar-refractivity contribution is 5.83. The van der Waals surface area contributed by atoms with Gasteiger partial charge in [-0.05, 0) is 50.5 Å². The molecule has 2 heteroatoms. The molecule has 0 aromatic rings. The summed E-state index contributed by atoms with van der Waals surface area (Å²) in [5.74, 6) is 2.00. The molecule has 2 unspecified atom stereocenters. The molecule has 0 amide bonds. The Kier molecular flexibility index (Phi) is 10.1. The van der Waals surface area contributed by atoms with E-state index < -0.39 is 0 Å². The van der Waals surface area contributed by atoms with Crippen LogP contribution in [-0.2, 0) is 9.53 Å². The number of ether oxygens (including phenoxy) is 1. The largest absolute Gasteiger partial charge is 0.463 e. The maximum Gasteiger partial charge on any atom is 0.330 e. The van der Waals surface area contributed by atoms with Crippen molar-refractivity contribution in [3.05, 3.63) is 23.3 Å². The van der Waals surface area contributed by atoms with E-state index >= 15 is 0 Å². The van der Waals surface area contributed by atoms with Crippen molar-refractivity contribution < 1.29 is 9.53 Å². The van der Waals surface area contributed by atoms with Crippen LogP contribution in [0.15, 0.2) is 23.3 Å². The Morgan fingerprint density at radius 2 is 1.67 bits per heavy atom. The predicted molar refractivity (Wildman–Crippen MR) is 91.2 cm³/mol. The van der Waals surface area contributed by atoms with E-state index in [1.165, 1.54) is 18.4 Å². The Morgan fingerprint density at radius 3 is 2.19 bits per heavy atom. The zero-order chi connectivity index (χ0) is 16.4. The molecule has 0 heterocycles. The number of carbonyl (C=O) groups is 1. The molecule has 0 aromatic heterocycles. The molecule has 0 bridgehead atoms. The molecule has 21 heavy (non-hydrogen) atoms. The van der Waals surface area contributed by atoms with Crippen LogP contribution in [-0.4, -0.2) is 12.6 Å². The first kappa shape index (κ1) is 19.9. The number of allylic oxidation sites excluding steroid dienone is 3. The zero-order valence-corrected chi connectivity index (χ0v) is 15.0. The van der Waals surface area contributed by atoms with E-state index in [0.717, 1.165) is 23.8 Å². The third-order valence-corrected chi connectivity index (χ3v) is 4.03. The average Bonchev–Trinajstić information content (AvgIpc) is 2.35. The van der Waals surface area contributed by atoms with Gasteiger partial charge >= 0.3 is 5.97 Å². The van der Waals surface area contributed by atoms with Gasteiger partial charge in [-0.2, -0.15) is 0 Å². The summed E-state index contributed by atoms with van der Waals surface area (Å²) in [6, 6.07) is 0. The lowest BCUT2D eigenvalue weighted by Crippen LogP contribution is -2.06. The lowest BCUT2D eigenvalue weighted by Gasteiger charge is -2.18. The third kappa shape index (κ3) is 10.3. The second-order valence-corrected chi connectivity index (χ2v) is 6.74. The Bertz CT molecular complexity index is 364. The van der Waals surface area contributed by atoms with Gasteiger partial charge in [-0.3, -0.25) is 0 Å². The summed E-state index contributed by atoms with van der Waals surface area (Å²) in [5, 5.41) is 0. The summed E-state index contributed by atoms with van der Waals surface area (Å²) < 4.78 is 4.92. The molecule has 0 aliphatic carbocycles. The van der Waals surface area contributed by atoms with Gasteiger partial charge in [0.25, 0.3) is 0 Å². The van der Waals surface area contributed by atoms with Crippen LogP contribution in [0.5, 0.6) is 0 Å². The van der Waals surface area contributed by atoms with Crippen molar-refractivity contribution in [1.29, 1.82) is 0 Å². The van der Waals surface area contributed by atoms with Crippen LogP contribution in [0.3, 0.4) is 0 Å². The van der Waals surface area contributed by atoms with Gasteiger partial charge in [-0.1, -0.05) is 52.2 Å². The number of esters is 1. The maximum absolute atomic E-state index is 11.4. The van der Waals surface area contributed by atoms with Crippen molar-refractivity contribution in [2.75, 3.05) is 6.61 Å². The van der Waals surface area contributed by atoms with Gasteiger partial charge in [0.05, 0.1) is 6.61 Å². The monoisotopic (exact) mass is 294 g/mol. The molecule has 122 valence electrons. The molecule has 0 N–H and O–H groups in total. The molecular weight excluding hydrogens is 260 g/mol. The molecule has 0 fully saturated rings. The van der Waals surface area contributed by atoms with Gasteiger partial charge in [0, 0.05) is 6.08 Å². The molecule has 0 aliphatic rings. The van der Waals surface area contributed by atoms with E-state index in [4.69, 9.17) is 4.74 Å². The highest BCUT2D eigenvalue weighted by Gasteiger charge is 2.10. The fourth-order valence-corrected chi connectivity index (χ4v) is 2.39. The van der Waals surface area contributed by atoms with E-state index in [-0.39, 0.29) is 5.97 Å². The van der Waals surface area contributed by atoms with E-state index in [9.17, 15) is 4.79 Å². The van der Waals surface area contributed by atoms with Crippen LogP contribution in [0.1, 0.15) is 67.7 Å². The van der Waals surface area contributed by atoms with Crippen LogP contribution in [0, 0.1) is 17.8 Å². The topological polar surface area (TPSA) is 26.3 Å². The Labute approximate surface area is 131 Å². The highest BCUT2D eigenvalue weighted by atomic mass is 16.5. The number of carbonyl (C=O) groups excluding carboxylic acids is 1. The minimum atomic E-state index is -0.252. The van der Waals surface area contributed by atoms with Crippen LogP contribution >= 0.6 is 0 Å². The molecule has 0 aromatic carbocycles. The summed E-state index contributed by atoms with van der Waals surface area (Å²) in [7, 11) is 0. The zero-order valence-electron chi connectivity index (χ0n) is 15.0. The molecule has 0 saturated carbocycles. The van der Waals surface area contributed by atoms with Crippen LogP contribution in [0.25, 0.3) is 0 Å². The van der Waals surface area contributed by atoms with E-state index in [1.807, 2.05) is 13.8 Å². The number of rotatable bonds is 9. The van der Waals surface area contributed by atoms with E-state index in [2.05, 4.69) is 40.7 Å². The summed E-state index contributed by atoms with van der Waals surface area (Å²) >= 11 is 0. The summed E-state index contributed by atoms with van der Waals surface area (Å²) in [4.78, 5) is 11.4. The van der Waals surface area contributed by atoms with Crippen molar-refractivity contribution in [1.82, 2.24) is 0 Å². The maximum atomic E-state index is 11.4. The first-order chi connectivity index (χ1) is 9.76.